The Labute approximate surface area is 84.4 Å². The maximum absolute atomic E-state index is 11.2. The molecule has 0 N–H and O–H groups in total. The predicted octanol–water partition coefficient (Wildman–Crippen LogP) is 1.79. The average Bonchev–Trinajstić information content (AvgIpc) is 2.09. The molecular weight excluding hydrogens is 208 g/mol. The third-order valence-corrected chi connectivity index (χ3v) is 3.04. The van der Waals surface area contributed by atoms with E-state index in [2.05, 4.69) is 0 Å². The van der Waals surface area contributed by atoms with Gasteiger partial charge in [-0.05, 0) is 11.6 Å². The monoisotopic (exact) mass is 216 g/mol. The highest BCUT2D eigenvalue weighted by atomic mass is 35.5. The molecule has 1 aromatic carbocycles. The van der Waals surface area contributed by atoms with Crippen molar-refractivity contribution < 1.29 is 9.00 Å². The smallest absolute Gasteiger partial charge is 0.132 e. The highest BCUT2D eigenvalue weighted by molar-refractivity contribution is 7.84. The summed E-state index contributed by atoms with van der Waals surface area (Å²) in [6.45, 7) is 0. The van der Waals surface area contributed by atoms with Crippen LogP contribution in [0.25, 0.3) is 0 Å². The van der Waals surface area contributed by atoms with Crippen LogP contribution in [0.4, 0.5) is 0 Å². The van der Waals surface area contributed by atoms with Crippen LogP contribution in [0, 0.1) is 0 Å². The van der Waals surface area contributed by atoms with Crippen molar-refractivity contribution in [3.05, 3.63) is 34.9 Å². The second-order valence-electron chi connectivity index (χ2n) is 2.51. The van der Waals surface area contributed by atoms with Crippen molar-refractivity contribution >= 4 is 28.7 Å². The lowest BCUT2D eigenvalue weighted by atomic mass is 10.2. The summed E-state index contributed by atoms with van der Waals surface area (Å²) in [5.74, 6) is 0.420. The van der Waals surface area contributed by atoms with Crippen molar-refractivity contribution in [2.75, 3.05) is 5.75 Å². The van der Waals surface area contributed by atoms with Crippen molar-refractivity contribution in [3.8, 4) is 0 Å². The molecule has 0 saturated carbocycles. The van der Waals surface area contributed by atoms with Crippen LogP contribution in [0.2, 0.25) is 5.02 Å². The molecule has 13 heavy (non-hydrogen) atoms. The molecule has 0 saturated heterocycles. The van der Waals surface area contributed by atoms with E-state index in [1.807, 2.05) is 18.2 Å². The number of hydrogen-bond acceptors (Lipinski definition) is 2. The van der Waals surface area contributed by atoms with E-state index in [9.17, 15) is 9.00 Å². The SMILES string of the molecule is O=CCS(=O)Cc1ccccc1Cl. The molecular formula is C9H9ClO2S. The Morgan fingerprint density at radius 2 is 2.08 bits per heavy atom. The van der Waals surface area contributed by atoms with E-state index >= 15 is 0 Å². The number of aldehydes is 1. The fraction of sp³-hybridized carbons (Fsp3) is 0.222. The lowest BCUT2D eigenvalue weighted by Gasteiger charge is -2.01. The summed E-state index contributed by atoms with van der Waals surface area (Å²) in [6, 6.07) is 7.20. The normalized spacial score (nSPS) is 12.4. The van der Waals surface area contributed by atoms with Crippen LogP contribution in [0.5, 0.6) is 0 Å². The second-order valence-corrected chi connectivity index (χ2v) is 4.42. The van der Waals surface area contributed by atoms with E-state index in [0.717, 1.165) is 5.56 Å². The maximum Gasteiger partial charge on any atom is 0.132 e. The molecule has 1 rings (SSSR count). The Hall–Kier alpha value is -0.670. The zero-order chi connectivity index (χ0) is 9.68. The summed E-state index contributed by atoms with van der Waals surface area (Å²) in [7, 11) is -1.13. The van der Waals surface area contributed by atoms with Gasteiger partial charge in [0.05, 0.1) is 11.5 Å². The Morgan fingerprint density at radius 3 is 2.69 bits per heavy atom. The summed E-state index contributed by atoms with van der Waals surface area (Å²) in [4.78, 5) is 10.1. The van der Waals surface area contributed by atoms with Gasteiger partial charge in [0.15, 0.2) is 0 Å². The summed E-state index contributed by atoms with van der Waals surface area (Å²) in [5, 5.41) is 0.599. The van der Waals surface area contributed by atoms with Gasteiger partial charge in [-0.1, -0.05) is 29.8 Å². The minimum Gasteiger partial charge on any atom is -0.302 e. The molecule has 4 heteroatoms. The van der Waals surface area contributed by atoms with E-state index < -0.39 is 10.8 Å². The highest BCUT2D eigenvalue weighted by Crippen LogP contribution is 2.16. The summed E-state index contributed by atoms with van der Waals surface area (Å²) in [6.07, 6.45) is 0.660. The van der Waals surface area contributed by atoms with E-state index in [1.165, 1.54) is 0 Å². The van der Waals surface area contributed by atoms with Gasteiger partial charge in [-0.2, -0.15) is 0 Å². The molecule has 0 heterocycles. The first-order valence-corrected chi connectivity index (χ1v) is 5.62. The van der Waals surface area contributed by atoms with E-state index in [1.54, 1.807) is 6.07 Å². The van der Waals surface area contributed by atoms with Crippen LogP contribution in [-0.4, -0.2) is 16.2 Å². The lowest BCUT2D eigenvalue weighted by molar-refractivity contribution is -0.105. The molecule has 0 spiro atoms. The molecule has 0 bridgehead atoms. The third-order valence-electron chi connectivity index (χ3n) is 1.53. The number of halogens is 1. The highest BCUT2D eigenvalue weighted by Gasteiger charge is 2.03. The minimum absolute atomic E-state index is 0.0746. The molecule has 0 radical (unpaired) electrons. The zero-order valence-electron chi connectivity index (χ0n) is 6.90. The fourth-order valence-corrected chi connectivity index (χ4v) is 2.07. The van der Waals surface area contributed by atoms with Gasteiger partial charge in [0.2, 0.25) is 0 Å². The molecule has 1 aromatic rings. The van der Waals surface area contributed by atoms with Crippen molar-refractivity contribution in [2.45, 2.75) is 5.75 Å². The molecule has 0 aromatic heterocycles. The Kier molecular flexibility index (Phi) is 4.12. The zero-order valence-corrected chi connectivity index (χ0v) is 8.48. The fourth-order valence-electron chi connectivity index (χ4n) is 0.924. The first-order chi connectivity index (χ1) is 6.24. The van der Waals surface area contributed by atoms with E-state index in [-0.39, 0.29) is 5.75 Å². The number of carbonyl (C=O) groups excluding carboxylic acids is 1. The average molecular weight is 217 g/mol. The number of hydrogen-bond donors (Lipinski definition) is 0. The van der Waals surface area contributed by atoms with Gasteiger partial charge in [0.1, 0.15) is 6.29 Å². The molecule has 70 valence electrons. The van der Waals surface area contributed by atoms with E-state index in [4.69, 9.17) is 11.6 Å². The number of rotatable bonds is 4. The van der Waals surface area contributed by atoms with Gasteiger partial charge >= 0.3 is 0 Å². The van der Waals surface area contributed by atoms with Crippen LogP contribution >= 0.6 is 11.6 Å². The Bertz CT molecular complexity index is 325. The van der Waals surface area contributed by atoms with Crippen molar-refractivity contribution in [3.63, 3.8) is 0 Å². The van der Waals surface area contributed by atoms with Gasteiger partial charge in [-0.25, -0.2) is 0 Å². The van der Waals surface area contributed by atoms with Gasteiger partial charge in [0, 0.05) is 15.8 Å². The van der Waals surface area contributed by atoms with Gasteiger partial charge < -0.3 is 4.79 Å². The summed E-state index contributed by atoms with van der Waals surface area (Å²) in [5.41, 5.74) is 0.823. The molecule has 0 fully saturated rings. The summed E-state index contributed by atoms with van der Waals surface area (Å²) < 4.78 is 11.2. The Balaban J connectivity index is 2.68. The molecule has 0 aliphatic carbocycles. The van der Waals surface area contributed by atoms with Crippen LogP contribution in [-0.2, 0) is 21.3 Å². The van der Waals surface area contributed by atoms with Gasteiger partial charge in [0.25, 0.3) is 0 Å². The van der Waals surface area contributed by atoms with Crippen LogP contribution in [0.15, 0.2) is 24.3 Å². The van der Waals surface area contributed by atoms with Crippen molar-refractivity contribution in [1.29, 1.82) is 0 Å². The van der Waals surface area contributed by atoms with Crippen molar-refractivity contribution in [2.24, 2.45) is 0 Å². The maximum atomic E-state index is 11.2. The number of benzene rings is 1. The summed E-state index contributed by atoms with van der Waals surface area (Å²) >= 11 is 5.85. The standard InChI is InChI=1S/C9H9ClO2S/c10-9-4-2-1-3-8(9)7-13(12)6-5-11/h1-5H,6-7H2. The van der Waals surface area contributed by atoms with Crippen molar-refractivity contribution in [1.82, 2.24) is 0 Å². The first-order valence-electron chi connectivity index (χ1n) is 3.76. The molecule has 0 amide bonds. The first kappa shape index (κ1) is 10.4. The molecule has 0 aliphatic rings. The van der Waals surface area contributed by atoms with Gasteiger partial charge in [-0.15, -0.1) is 0 Å². The van der Waals surface area contributed by atoms with Crippen LogP contribution in [0.1, 0.15) is 5.56 Å². The van der Waals surface area contributed by atoms with Crippen LogP contribution in [0.3, 0.4) is 0 Å². The topological polar surface area (TPSA) is 34.1 Å². The molecule has 1 atom stereocenters. The quantitative estimate of drug-likeness (QED) is 0.720. The predicted molar refractivity (Wildman–Crippen MR) is 54.2 cm³/mol. The lowest BCUT2D eigenvalue weighted by Crippen LogP contribution is -2.01. The largest absolute Gasteiger partial charge is 0.302 e. The minimum atomic E-state index is -1.13. The third kappa shape index (κ3) is 3.28. The number of carbonyl (C=O) groups is 1. The molecule has 2 nitrogen and oxygen atoms in total. The van der Waals surface area contributed by atoms with E-state index in [0.29, 0.717) is 17.1 Å². The van der Waals surface area contributed by atoms with Gasteiger partial charge in [-0.3, -0.25) is 4.21 Å². The molecule has 0 aliphatic heterocycles. The molecule has 1 unspecified atom stereocenters. The second kappa shape index (κ2) is 5.14. The Morgan fingerprint density at radius 1 is 1.38 bits per heavy atom. The van der Waals surface area contributed by atoms with Crippen LogP contribution < -0.4 is 0 Å².